The average Bonchev–Trinajstić information content (AvgIpc) is 2.62. The molecule has 24 heavy (non-hydrogen) atoms. The van der Waals surface area contributed by atoms with Gasteiger partial charge in [-0.3, -0.25) is 9.59 Å². The standard InChI is InChI=1S/C19H29N3O2/c1-4-10-20-19(24)17(13(3)5-2)22-18(23)16-11-14-8-6-7-9-15(14)12-21-16/h6-9,13,16-17,21H,4-5,10-12H2,1-3H3,(H,20,24)(H,22,23)/t13?,16-,17-/m0/s1. The summed E-state index contributed by atoms with van der Waals surface area (Å²) in [5.74, 6) is -0.0844. The molecule has 5 heteroatoms. The molecule has 0 radical (unpaired) electrons. The minimum atomic E-state index is -0.479. The van der Waals surface area contributed by atoms with Gasteiger partial charge in [0.2, 0.25) is 11.8 Å². The maximum Gasteiger partial charge on any atom is 0.242 e. The molecule has 2 rings (SSSR count). The molecule has 1 unspecified atom stereocenters. The second-order valence-corrected chi connectivity index (χ2v) is 6.57. The molecule has 1 aromatic rings. The van der Waals surface area contributed by atoms with E-state index in [4.69, 9.17) is 0 Å². The van der Waals surface area contributed by atoms with Crippen LogP contribution in [-0.2, 0) is 22.6 Å². The first-order valence-electron chi connectivity index (χ1n) is 8.95. The molecule has 1 aliphatic rings. The van der Waals surface area contributed by atoms with Crippen molar-refractivity contribution in [2.75, 3.05) is 6.54 Å². The zero-order valence-corrected chi connectivity index (χ0v) is 14.9. The highest BCUT2D eigenvalue weighted by molar-refractivity contribution is 5.90. The fraction of sp³-hybridized carbons (Fsp3) is 0.579. The van der Waals surface area contributed by atoms with E-state index in [2.05, 4.69) is 28.1 Å². The lowest BCUT2D eigenvalue weighted by molar-refractivity contribution is -0.131. The van der Waals surface area contributed by atoms with Gasteiger partial charge >= 0.3 is 0 Å². The smallest absolute Gasteiger partial charge is 0.242 e. The second kappa shape index (κ2) is 8.83. The number of carbonyl (C=O) groups excluding carboxylic acids is 2. The van der Waals surface area contributed by atoms with Crippen LogP contribution < -0.4 is 16.0 Å². The van der Waals surface area contributed by atoms with Crippen LogP contribution in [-0.4, -0.2) is 30.4 Å². The van der Waals surface area contributed by atoms with Gasteiger partial charge in [0, 0.05) is 13.1 Å². The Kier molecular flexibility index (Phi) is 6.79. The first-order chi connectivity index (χ1) is 11.6. The Hall–Kier alpha value is -1.88. The Morgan fingerprint density at radius 2 is 1.96 bits per heavy atom. The molecule has 132 valence electrons. The van der Waals surface area contributed by atoms with Crippen molar-refractivity contribution in [1.29, 1.82) is 0 Å². The summed E-state index contributed by atoms with van der Waals surface area (Å²) >= 11 is 0. The van der Waals surface area contributed by atoms with Crippen molar-refractivity contribution in [3.05, 3.63) is 35.4 Å². The van der Waals surface area contributed by atoms with Crippen LogP contribution in [0.15, 0.2) is 24.3 Å². The SMILES string of the molecule is CCCNC(=O)[C@@H](NC(=O)[C@@H]1Cc2ccccc2CN1)C(C)CC. The lowest BCUT2D eigenvalue weighted by Crippen LogP contribution is -2.56. The van der Waals surface area contributed by atoms with E-state index in [1.807, 2.05) is 32.9 Å². The van der Waals surface area contributed by atoms with Gasteiger partial charge < -0.3 is 16.0 Å². The Bertz CT molecular complexity index is 573. The van der Waals surface area contributed by atoms with E-state index in [1.54, 1.807) is 0 Å². The number of hydrogen-bond donors (Lipinski definition) is 3. The molecule has 5 nitrogen and oxygen atoms in total. The molecule has 0 spiro atoms. The van der Waals surface area contributed by atoms with E-state index in [0.29, 0.717) is 19.5 Å². The van der Waals surface area contributed by atoms with Gasteiger partial charge in [-0.15, -0.1) is 0 Å². The summed E-state index contributed by atoms with van der Waals surface area (Å²) < 4.78 is 0. The van der Waals surface area contributed by atoms with Crippen molar-refractivity contribution in [3.8, 4) is 0 Å². The van der Waals surface area contributed by atoms with Crippen molar-refractivity contribution < 1.29 is 9.59 Å². The van der Waals surface area contributed by atoms with E-state index in [1.165, 1.54) is 11.1 Å². The van der Waals surface area contributed by atoms with E-state index in [9.17, 15) is 9.59 Å². The fourth-order valence-electron chi connectivity index (χ4n) is 2.95. The molecular formula is C19H29N3O2. The summed E-state index contributed by atoms with van der Waals surface area (Å²) in [6.45, 7) is 7.37. The highest BCUT2D eigenvalue weighted by Crippen LogP contribution is 2.17. The predicted molar refractivity (Wildman–Crippen MR) is 95.5 cm³/mol. The molecule has 2 amide bonds. The Balaban J connectivity index is 2.01. The Labute approximate surface area is 144 Å². The molecule has 3 atom stereocenters. The van der Waals surface area contributed by atoms with Gasteiger partial charge in [0.1, 0.15) is 6.04 Å². The number of hydrogen-bond acceptors (Lipinski definition) is 3. The van der Waals surface area contributed by atoms with Gasteiger partial charge in [0.15, 0.2) is 0 Å². The summed E-state index contributed by atoms with van der Waals surface area (Å²) in [5.41, 5.74) is 2.44. The molecule has 0 saturated carbocycles. The predicted octanol–water partition coefficient (Wildman–Crippen LogP) is 1.76. The first kappa shape index (κ1) is 18.5. The normalized spacial score (nSPS) is 19.0. The van der Waals surface area contributed by atoms with Crippen molar-refractivity contribution >= 4 is 11.8 Å². The summed E-state index contributed by atoms with van der Waals surface area (Å²) in [6.07, 6.45) is 2.38. The molecule has 1 aliphatic heterocycles. The topological polar surface area (TPSA) is 70.2 Å². The number of rotatable bonds is 7. The largest absolute Gasteiger partial charge is 0.354 e. The highest BCUT2D eigenvalue weighted by Gasteiger charge is 2.30. The average molecular weight is 331 g/mol. The zero-order chi connectivity index (χ0) is 17.5. The molecule has 0 bridgehead atoms. The number of fused-ring (bicyclic) bond motifs is 1. The third-order valence-corrected chi connectivity index (χ3v) is 4.74. The van der Waals surface area contributed by atoms with Gasteiger partial charge in [-0.2, -0.15) is 0 Å². The van der Waals surface area contributed by atoms with E-state index >= 15 is 0 Å². The molecule has 0 aliphatic carbocycles. The van der Waals surface area contributed by atoms with E-state index in [-0.39, 0.29) is 23.8 Å². The van der Waals surface area contributed by atoms with E-state index in [0.717, 1.165) is 12.8 Å². The number of benzene rings is 1. The highest BCUT2D eigenvalue weighted by atomic mass is 16.2. The van der Waals surface area contributed by atoms with Crippen molar-refractivity contribution in [2.24, 2.45) is 5.92 Å². The summed E-state index contributed by atoms with van der Waals surface area (Å²) in [7, 11) is 0. The van der Waals surface area contributed by atoms with Crippen LogP contribution in [0.2, 0.25) is 0 Å². The van der Waals surface area contributed by atoms with Crippen LogP contribution in [0, 0.1) is 5.92 Å². The maximum absolute atomic E-state index is 12.7. The van der Waals surface area contributed by atoms with Crippen LogP contribution in [0.5, 0.6) is 0 Å². The molecule has 0 saturated heterocycles. The van der Waals surface area contributed by atoms with Crippen LogP contribution in [0.4, 0.5) is 0 Å². The first-order valence-corrected chi connectivity index (χ1v) is 8.95. The number of nitrogens with one attached hydrogen (secondary N) is 3. The van der Waals surface area contributed by atoms with Crippen LogP contribution in [0.3, 0.4) is 0 Å². The molecular weight excluding hydrogens is 302 g/mol. The van der Waals surface area contributed by atoms with Crippen LogP contribution in [0.25, 0.3) is 0 Å². The number of carbonyl (C=O) groups is 2. The van der Waals surface area contributed by atoms with Crippen molar-refractivity contribution in [2.45, 2.75) is 58.7 Å². The Morgan fingerprint density at radius 1 is 1.25 bits per heavy atom. The monoisotopic (exact) mass is 331 g/mol. The minimum Gasteiger partial charge on any atom is -0.354 e. The third kappa shape index (κ3) is 4.57. The summed E-state index contributed by atoms with van der Waals surface area (Å²) in [5, 5.41) is 9.14. The van der Waals surface area contributed by atoms with Crippen LogP contribution >= 0.6 is 0 Å². The van der Waals surface area contributed by atoms with Gasteiger partial charge in [-0.25, -0.2) is 0 Å². The molecule has 1 aromatic carbocycles. The lowest BCUT2D eigenvalue weighted by atomic mass is 9.94. The quantitative estimate of drug-likeness (QED) is 0.713. The fourth-order valence-corrected chi connectivity index (χ4v) is 2.95. The molecule has 1 heterocycles. The zero-order valence-electron chi connectivity index (χ0n) is 14.9. The van der Waals surface area contributed by atoms with Gasteiger partial charge in [-0.1, -0.05) is 51.5 Å². The van der Waals surface area contributed by atoms with Gasteiger partial charge in [-0.05, 0) is 29.9 Å². The van der Waals surface area contributed by atoms with Gasteiger partial charge in [0.05, 0.1) is 6.04 Å². The second-order valence-electron chi connectivity index (χ2n) is 6.57. The molecule has 0 fully saturated rings. The lowest BCUT2D eigenvalue weighted by Gasteiger charge is -2.29. The third-order valence-electron chi connectivity index (χ3n) is 4.74. The van der Waals surface area contributed by atoms with Crippen LogP contribution in [0.1, 0.15) is 44.7 Å². The molecule has 0 aromatic heterocycles. The molecule has 3 N–H and O–H groups in total. The summed E-state index contributed by atoms with van der Waals surface area (Å²) in [6, 6.07) is 7.39. The van der Waals surface area contributed by atoms with Gasteiger partial charge in [0.25, 0.3) is 0 Å². The Morgan fingerprint density at radius 3 is 2.62 bits per heavy atom. The van der Waals surface area contributed by atoms with E-state index < -0.39 is 6.04 Å². The van der Waals surface area contributed by atoms with Crippen molar-refractivity contribution in [1.82, 2.24) is 16.0 Å². The number of amides is 2. The summed E-state index contributed by atoms with van der Waals surface area (Å²) in [4.78, 5) is 25.0. The minimum absolute atomic E-state index is 0.0873. The van der Waals surface area contributed by atoms with Crippen molar-refractivity contribution in [3.63, 3.8) is 0 Å². The maximum atomic E-state index is 12.7.